The molecule has 1 unspecified atom stereocenters. The molecule has 0 radical (unpaired) electrons. The summed E-state index contributed by atoms with van der Waals surface area (Å²) >= 11 is 0. The predicted molar refractivity (Wildman–Crippen MR) is 92.9 cm³/mol. The molecule has 2 heterocycles. The topological polar surface area (TPSA) is 90.1 Å². The SMILES string of the molecule is COCCN(Cc1c(C)nn(C)c1C)C(=O)NC(C)c1ncnn1C. The number of ether oxygens (including phenoxy) is 1. The van der Waals surface area contributed by atoms with Crippen molar-refractivity contribution in [1.82, 2.24) is 34.8 Å². The monoisotopic (exact) mass is 349 g/mol. The van der Waals surface area contributed by atoms with Crippen LogP contribution in [0.15, 0.2) is 6.33 Å². The maximum Gasteiger partial charge on any atom is 0.318 e. The maximum atomic E-state index is 12.8. The van der Waals surface area contributed by atoms with Gasteiger partial charge in [-0.3, -0.25) is 9.36 Å². The van der Waals surface area contributed by atoms with Crippen LogP contribution in [0.3, 0.4) is 0 Å². The first-order chi connectivity index (χ1) is 11.8. The first-order valence-corrected chi connectivity index (χ1v) is 8.22. The number of hydrogen-bond acceptors (Lipinski definition) is 5. The van der Waals surface area contributed by atoms with E-state index in [1.807, 2.05) is 32.5 Å². The van der Waals surface area contributed by atoms with E-state index in [1.54, 1.807) is 23.7 Å². The normalized spacial score (nSPS) is 12.2. The van der Waals surface area contributed by atoms with Gasteiger partial charge in [0.15, 0.2) is 0 Å². The molecule has 0 aliphatic rings. The maximum absolute atomic E-state index is 12.8. The van der Waals surface area contributed by atoms with Gasteiger partial charge in [0.1, 0.15) is 12.2 Å². The smallest absolute Gasteiger partial charge is 0.318 e. The van der Waals surface area contributed by atoms with Gasteiger partial charge in [-0.05, 0) is 20.8 Å². The Hall–Kier alpha value is -2.42. The van der Waals surface area contributed by atoms with Crippen LogP contribution in [0.1, 0.15) is 35.7 Å². The minimum atomic E-state index is -0.249. The summed E-state index contributed by atoms with van der Waals surface area (Å²) in [4.78, 5) is 18.7. The summed E-state index contributed by atoms with van der Waals surface area (Å²) < 4.78 is 8.64. The van der Waals surface area contributed by atoms with Gasteiger partial charge < -0.3 is 15.0 Å². The highest BCUT2D eigenvalue weighted by molar-refractivity contribution is 5.74. The van der Waals surface area contributed by atoms with Gasteiger partial charge in [0.25, 0.3) is 0 Å². The molecule has 0 fully saturated rings. The lowest BCUT2D eigenvalue weighted by atomic mass is 10.2. The van der Waals surface area contributed by atoms with Crippen LogP contribution in [0.5, 0.6) is 0 Å². The van der Waals surface area contributed by atoms with Crippen molar-refractivity contribution >= 4 is 6.03 Å². The first-order valence-electron chi connectivity index (χ1n) is 8.22. The molecule has 0 saturated heterocycles. The Labute approximate surface area is 148 Å². The van der Waals surface area contributed by atoms with E-state index in [0.717, 1.165) is 17.0 Å². The van der Waals surface area contributed by atoms with Crippen molar-refractivity contribution in [3.63, 3.8) is 0 Å². The van der Waals surface area contributed by atoms with Crippen LogP contribution in [0, 0.1) is 13.8 Å². The second-order valence-corrected chi connectivity index (χ2v) is 6.10. The molecular weight excluding hydrogens is 322 g/mol. The molecule has 0 aromatic carbocycles. The standard InChI is InChI=1S/C16H27N7O2/c1-11-14(13(3)21(4)20-11)9-23(7-8-25-6)16(24)19-12(2)15-17-10-18-22(15)5/h10,12H,7-9H2,1-6H3,(H,19,24). The Kier molecular flexibility index (Phi) is 6.13. The zero-order valence-corrected chi connectivity index (χ0v) is 15.8. The largest absolute Gasteiger partial charge is 0.383 e. The molecule has 9 heteroatoms. The van der Waals surface area contributed by atoms with Gasteiger partial charge in [0.2, 0.25) is 0 Å². The number of amides is 2. The average molecular weight is 349 g/mol. The van der Waals surface area contributed by atoms with E-state index in [4.69, 9.17) is 4.74 Å². The number of urea groups is 1. The van der Waals surface area contributed by atoms with Crippen LogP contribution >= 0.6 is 0 Å². The molecule has 2 aromatic heterocycles. The third kappa shape index (κ3) is 4.36. The summed E-state index contributed by atoms with van der Waals surface area (Å²) in [7, 11) is 5.33. The van der Waals surface area contributed by atoms with Crippen LogP contribution < -0.4 is 5.32 Å². The van der Waals surface area contributed by atoms with Crippen molar-refractivity contribution in [1.29, 1.82) is 0 Å². The van der Waals surface area contributed by atoms with Gasteiger partial charge in [0.05, 0.1) is 24.9 Å². The van der Waals surface area contributed by atoms with Crippen molar-refractivity contribution < 1.29 is 9.53 Å². The molecule has 0 saturated carbocycles. The zero-order chi connectivity index (χ0) is 18.6. The number of rotatable bonds is 7. The van der Waals surface area contributed by atoms with Crippen LogP contribution in [0.25, 0.3) is 0 Å². The Morgan fingerprint density at radius 2 is 2.08 bits per heavy atom. The summed E-state index contributed by atoms with van der Waals surface area (Å²) in [6, 6.07) is -0.420. The van der Waals surface area contributed by atoms with Crippen LogP contribution in [0.4, 0.5) is 4.79 Å². The Balaban J connectivity index is 2.13. The Morgan fingerprint density at radius 1 is 1.36 bits per heavy atom. The first kappa shape index (κ1) is 18.9. The molecule has 1 atom stereocenters. The van der Waals surface area contributed by atoms with E-state index >= 15 is 0 Å². The van der Waals surface area contributed by atoms with Crippen LogP contribution in [-0.2, 0) is 25.4 Å². The van der Waals surface area contributed by atoms with Crippen LogP contribution in [-0.4, -0.2) is 55.7 Å². The third-order valence-corrected chi connectivity index (χ3v) is 4.33. The summed E-state index contributed by atoms with van der Waals surface area (Å²) in [5.74, 6) is 0.703. The molecule has 2 rings (SSSR count). The van der Waals surface area contributed by atoms with Gasteiger partial charge in [-0.25, -0.2) is 9.78 Å². The highest BCUT2D eigenvalue weighted by Crippen LogP contribution is 2.16. The lowest BCUT2D eigenvalue weighted by Crippen LogP contribution is -2.42. The molecule has 2 amide bonds. The lowest BCUT2D eigenvalue weighted by Gasteiger charge is -2.25. The molecule has 25 heavy (non-hydrogen) atoms. The molecule has 0 aliphatic carbocycles. The molecule has 1 N–H and O–H groups in total. The molecule has 0 aliphatic heterocycles. The summed E-state index contributed by atoms with van der Waals surface area (Å²) in [5.41, 5.74) is 3.03. The highest BCUT2D eigenvalue weighted by atomic mass is 16.5. The number of carbonyl (C=O) groups is 1. The minimum Gasteiger partial charge on any atom is -0.383 e. The minimum absolute atomic E-state index is 0.171. The van der Waals surface area contributed by atoms with Crippen molar-refractivity contribution in [2.75, 3.05) is 20.3 Å². The van der Waals surface area contributed by atoms with E-state index in [9.17, 15) is 4.79 Å². The summed E-state index contributed by atoms with van der Waals surface area (Å²) in [5, 5.41) is 11.4. The zero-order valence-electron chi connectivity index (χ0n) is 15.8. The van der Waals surface area contributed by atoms with E-state index in [2.05, 4.69) is 20.5 Å². The number of nitrogens with zero attached hydrogens (tertiary/aromatic N) is 6. The van der Waals surface area contributed by atoms with Gasteiger partial charge in [-0.15, -0.1) is 0 Å². The molecule has 0 bridgehead atoms. The summed E-state index contributed by atoms with van der Waals surface area (Å²) in [6.07, 6.45) is 1.48. The van der Waals surface area contributed by atoms with Gasteiger partial charge in [-0.1, -0.05) is 0 Å². The molecule has 0 spiro atoms. The van der Waals surface area contributed by atoms with Gasteiger partial charge in [-0.2, -0.15) is 10.2 Å². The Morgan fingerprint density at radius 3 is 2.60 bits per heavy atom. The second-order valence-electron chi connectivity index (χ2n) is 6.10. The van der Waals surface area contributed by atoms with Crippen molar-refractivity contribution in [2.45, 2.75) is 33.4 Å². The Bertz CT molecular complexity index is 722. The fourth-order valence-corrected chi connectivity index (χ4v) is 2.73. The second kappa shape index (κ2) is 8.11. The summed E-state index contributed by atoms with van der Waals surface area (Å²) in [6.45, 7) is 7.27. The highest BCUT2D eigenvalue weighted by Gasteiger charge is 2.21. The number of aromatic nitrogens is 5. The van der Waals surface area contributed by atoms with E-state index in [-0.39, 0.29) is 12.1 Å². The van der Waals surface area contributed by atoms with Gasteiger partial charge in [0, 0.05) is 39.0 Å². The van der Waals surface area contributed by atoms with E-state index in [0.29, 0.717) is 25.5 Å². The van der Waals surface area contributed by atoms with E-state index < -0.39 is 0 Å². The number of aryl methyl sites for hydroxylation is 3. The fraction of sp³-hybridized carbons (Fsp3) is 0.625. The number of nitrogens with one attached hydrogen (secondary N) is 1. The molecule has 138 valence electrons. The molecule has 9 nitrogen and oxygen atoms in total. The van der Waals surface area contributed by atoms with Crippen molar-refractivity contribution in [3.8, 4) is 0 Å². The van der Waals surface area contributed by atoms with Crippen molar-refractivity contribution in [3.05, 3.63) is 29.1 Å². The fourth-order valence-electron chi connectivity index (χ4n) is 2.73. The van der Waals surface area contributed by atoms with Gasteiger partial charge >= 0.3 is 6.03 Å². The third-order valence-electron chi connectivity index (χ3n) is 4.33. The number of hydrogen-bond donors (Lipinski definition) is 1. The lowest BCUT2D eigenvalue weighted by molar-refractivity contribution is 0.144. The average Bonchev–Trinajstić information content (AvgIpc) is 3.09. The molecule has 2 aromatic rings. The van der Waals surface area contributed by atoms with E-state index in [1.165, 1.54) is 6.33 Å². The quantitative estimate of drug-likeness (QED) is 0.808. The predicted octanol–water partition coefficient (Wildman–Crippen LogP) is 1.08. The van der Waals surface area contributed by atoms with Crippen LogP contribution in [0.2, 0.25) is 0 Å². The number of methoxy groups -OCH3 is 1. The number of carbonyl (C=O) groups excluding carboxylic acids is 1. The van der Waals surface area contributed by atoms with Crippen molar-refractivity contribution in [2.24, 2.45) is 14.1 Å². The molecular formula is C16H27N7O2.